The second-order valence-corrected chi connectivity index (χ2v) is 7.75. The topological polar surface area (TPSA) is 12.0 Å². The summed E-state index contributed by atoms with van der Waals surface area (Å²) in [6.45, 7) is 2.43. The molecule has 1 nitrogen and oxygen atoms in total. The molecule has 4 atom stereocenters. The fourth-order valence-corrected chi connectivity index (χ4v) is 5.10. The third kappa shape index (κ3) is 2.65. The van der Waals surface area contributed by atoms with Crippen molar-refractivity contribution in [3.63, 3.8) is 0 Å². The first-order valence-electron chi connectivity index (χ1n) is 7.73. The molecular weight excluding hydrogens is 238 g/mol. The van der Waals surface area contributed by atoms with E-state index in [-0.39, 0.29) is 0 Å². The van der Waals surface area contributed by atoms with Crippen molar-refractivity contribution in [1.29, 1.82) is 0 Å². The fraction of sp³-hybridized carbons (Fsp3) is 0.875. The molecule has 3 aliphatic rings. The highest BCUT2D eigenvalue weighted by atomic mass is 32.2. The monoisotopic (exact) mass is 265 g/mol. The number of thioether (sulfide) groups is 1. The van der Waals surface area contributed by atoms with Crippen molar-refractivity contribution in [3.8, 4) is 0 Å². The molecule has 3 rings (SSSR count). The summed E-state index contributed by atoms with van der Waals surface area (Å²) in [6, 6.07) is 1.52. The number of rotatable bonds is 4. The van der Waals surface area contributed by atoms with Gasteiger partial charge in [0.2, 0.25) is 0 Å². The lowest BCUT2D eigenvalue weighted by Gasteiger charge is -2.34. The van der Waals surface area contributed by atoms with Crippen LogP contribution >= 0.6 is 11.8 Å². The summed E-state index contributed by atoms with van der Waals surface area (Å²) in [5.74, 6) is 2.72. The molecule has 0 aromatic carbocycles. The standard InChI is InChI=1S/C16H27NS/c1-11(16-10-12-3-4-13(16)9-12)17-14-5-7-15(18-2)8-6-14/h3-4,11-17H,5-10H2,1-2H3. The van der Waals surface area contributed by atoms with Gasteiger partial charge in [-0.05, 0) is 69.5 Å². The van der Waals surface area contributed by atoms with E-state index in [4.69, 9.17) is 0 Å². The minimum absolute atomic E-state index is 0.723. The summed E-state index contributed by atoms with van der Waals surface area (Å²) in [6.07, 6.45) is 15.7. The predicted molar refractivity (Wildman–Crippen MR) is 81.0 cm³/mol. The Morgan fingerprint density at radius 1 is 1.11 bits per heavy atom. The van der Waals surface area contributed by atoms with Gasteiger partial charge in [0.15, 0.2) is 0 Å². The zero-order chi connectivity index (χ0) is 12.5. The van der Waals surface area contributed by atoms with Gasteiger partial charge in [-0.3, -0.25) is 0 Å². The Hall–Kier alpha value is 0.0500. The molecule has 3 aliphatic carbocycles. The Balaban J connectivity index is 1.47. The van der Waals surface area contributed by atoms with Gasteiger partial charge in [0, 0.05) is 17.3 Å². The second-order valence-electron chi connectivity index (χ2n) is 6.61. The molecule has 102 valence electrons. The van der Waals surface area contributed by atoms with E-state index in [2.05, 4.69) is 42.4 Å². The number of nitrogens with one attached hydrogen (secondary N) is 1. The molecule has 0 saturated heterocycles. The van der Waals surface area contributed by atoms with Gasteiger partial charge in [0.25, 0.3) is 0 Å². The highest BCUT2D eigenvalue weighted by Gasteiger charge is 2.39. The van der Waals surface area contributed by atoms with Gasteiger partial charge in [0.1, 0.15) is 0 Å². The lowest BCUT2D eigenvalue weighted by molar-refractivity contribution is 0.269. The van der Waals surface area contributed by atoms with Crippen molar-refractivity contribution in [1.82, 2.24) is 5.32 Å². The Labute approximate surface area is 116 Å². The van der Waals surface area contributed by atoms with E-state index >= 15 is 0 Å². The average molecular weight is 265 g/mol. The summed E-state index contributed by atoms with van der Waals surface area (Å²) in [5.41, 5.74) is 0. The first kappa shape index (κ1) is 13.1. The van der Waals surface area contributed by atoms with Crippen molar-refractivity contribution >= 4 is 11.8 Å². The van der Waals surface area contributed by atoms with E-state index in [1.165, 1.54) is 38.5 Å². The summed E-state index contributed by atoms with van der Waals surface area (Å²) in [4.78, 5) is 0. The third-order valence-corrected chi connectivity index (χ3v) is 6.62. The van der Waals surface area contributed by atoms with Crippen molar-refractivity contribution in [3.05, 3.63) is 12.2 Å². The molecule has 2 heteroatoms. The van der Waals surface area contributed by atoms with Crippen LogP contribution in [0.15, 0.2) is 12.2 Å². The van der Waals surface area contributed by atoms with Crippen LogP contribution in [0.1, 0.15) is 45.4 Å². The van der Waals surface area contributed by atoms with E-state index < -0.39 is 0 Å². The zero-order valence-corrected chi connectivity index (χ0v) is 12.6. The fourth-order valence-electron chi connectivity index (χ4n) is 4.36. The zero-order valence-electron chi connectivity index (χ0n) is 11.8. The van der Waals surface area contributed by atoms with Crippen LogP contribution in [0.3, 0.4) is 0 Å². The largest absolute Gasteiger partial charge is 0.311 e. The van der Waals surface area contributed by atoms with Crippen LogP contribution in [-0.2, 0) is 0 Å². The van der Waals surface area contributed by atoms with Crippen LogP contribution in [0.25, 0.3) is 0 Å². The van der Waals surface area contributed by atoms with Gasteiger partial charge >= 0.3 is 0 Å². The summed E-state index contributed by atoms with van der Waals surface area (Å²) >= 11 is 2.06. The highest BCUT2D eigenvalue weighted by molar-refractivity contribution is 7.99. The van der Waals surface area contributed by atoms with Crippen molar-refractivity contribution in [2.45, 2.75) is 62.8 Å². The maximum absolute atomic E-state index is 3.95. The number of hydrogen-bond donors (Lipinski definition) is 1. The first-order valence-corrected chi connectivity index (χ1v) is 9.02. The quantitative estimate of drug-likeness (QED) is 0.775. The Bertz CT molecular complexity index is 306. The molecule has 0 spiro atoms. The Morgan fingerprint density at radius 3 is 2.44 bits per heavy atom. The molecule has 4 unspecified atom stereocenters. The van der Waals surface area contributed by atoms with E-state index in [1.807, 2.05) is 0 Å². The smallest absolute Gasteiger partial charge is 0.00754 e. The van der Waals surface area contributed by atoms with Gasteiger partial charge in [-0.2, -0.15) is 11.8 Å². The highest BCUT2D eigenvalue weighted by Crippen LogP contribution is 2.45. The van der Waals surface area contributed by atoms with Crippen LogP contribution in [0.4, 0.5) is 0 Å². The molecule has 2 saturated carbocycles. The minimum atomic E-state index is 0.723. The molecule has 0 aliphatic heterocycles. The van der Waals surface area contributed by atoms with Crippen molar-refractivity contribution in [2.75, 3.05) is 6.26 Å². The summed E-state index contributed by atoms with van der Waals surface area (Å²) in [5, 5.41) is 4.88. The van der Waals surface area contributed by atoms with Crippen LogP contribution in [0.2, 0.25) is 0 Å². The lowest BCUT2D eigenvalue weighted by atomic mass is 9.86. The SMILES string of the molecule is CSC1CCC(NC(C)C2CC3C=CC2C3)CC1. The Kier molecular flexibility index (Phi) is 4.05. The number of hydrogen-bond acceptors (Lipinski definition) is 2. The molecule has 18 heavy (non-hydrogen) atoms. The van der Waals surface area contributed by atoms with Gasteiger partial charge in [0.05, 0.1) is 0 Å². The number of allylic oxidation sites excluding steroid dienone is 2. The van der Waals surface area contributed by atoms with Crippen molar-refractivity contribution < 1.29 is 0 Å². The number of fused-ring (bicyclic) bond motifs is 2. The maximum Gasteiger partial charge on any atom is 0.00754 e. The van der Waals surface area contributed by atoms with Crippen LogP contribution in [-0.4, -0.2) is 23.6 Å². The normalized spacial score (nSPS) is 44.4. The van der Waals surface area contributed by atoms with Crippen LogP contribution < -0.4 is 5.32 Å². The van der Waals surface area contributed by atoms with Gasteiger partial charge in [-0.25, -0.2) is 0 Å². The van der Waals surface area contributed by atoms with E-state index in [0.717, 1.165) is 35.1 Å². The Morgan fingerprint density at radius 2 is 1.89 bits per heavy atom. The van der Waals surface area contributed by atoms with Crippen LogP contribution in [0, 0.1) is 17.8 Å². The van der Waals surface area contributed by atoms with Gasteiger partial charge in [-0.1, -0.05) is 12.2 Å². The molecule has 0 heterocycles. The molecular formula is C16H27NS. The van der Waals surface area contributed by atoms with Gasteiger partial charge in [-0.15, -0.1) is 0 Å². The lowest BCUT2D eigenvalue weighted by Crippen LogP contribution is -2.44. The molecule has 0 aromatic rings. The molecule has 0 radical (unpaired) electrons. The summed E-state index contributed by atoms with van der Waals surface area (Å²) in [7, 11) is 0. The van der Waals surface area contributed by atoms with E-state index in [0.29, 0.717) is 0 Å². The molecule has 1 N–H and O–H groups in total. The van der Waals surface area contributed by atoms with E-state index in [1.54, 1.807) is 0 Å². The first-order chi connectivity index (χ1) is 8.76. The maximum atomic E-state index is 3.95. The van der Waals surface area contributed by atoms with E-state index in [9.17, 15) is 0 Å². The molecule has 2 fully saturated rings. The molecule has 0 amide bonds. The van der Waals surface area contributed by atoms with Crippen LogP contribution in [0.5, 0.6) is 0 Å². The molecule has 0 aromatic heterocycles. The van der Waals surface area contributed by atoms with Crippen molar-refractivity contribution in [2.24, 2.45) is 17.8 Å². The predicted octanol–water partition coefficient (Wildman–Crippen LogP) is 3.85. The second kappa shape index (κ2) is 5.58. The molecule has 2 bridgehead atoms. The van der Waals surface area contributed by atoms with Gasteiger partial charge < -0.3 is 5.32 Å². The average Bonchev–Trinajstić information content (AvgIpc) is 3.02. The minimum Gasteiger partial charge on any atom is -0.311 e. The summed E-state index contributed by atoms with van der Waals surface area (Å²) < 4.78 is 0. The third-order valence-electron chi connectivity index (χ3n) is 5.48.